The Morgan fingerprint density at radius 1 is 1.00 bits per heavy atom. The van der Waals surface area contributed by atoms with Crippen LogP contribution in [0.25, 0.3) is 0 Å². The SMILES string of the molecule is O=C(CSc1ccccc1)N1CCN(c2ccncc2)CC1. The molecular weight excluding hydrogens is 294 g/mol. The van der Waals surface area contributed by atoms with Crippen molar-refractivity contribution in [2.75, 3.05) is 36.8 Å². The van der Waals surface area contributed by atoms with Crippen LogP contribution in [0.5, 0.6) is 0 Å². The van der Waals surface area contributed by atoms with Gasteiger partial charge in [0, 0.05) is 49.2 Å². The van der Waals surface area contributed by atoms with Crippen LogP contribution in [0.1, 0.15) is 0 Å². The molecule has 22 heavy (non-hydrogen) atoms. The summed E-state index contributed by atoms with van der Waals surface area (Å²) in [7, 11) is 0. The van der Waals surface area contributed by atoms with Crippen LogP contribution in [0.4, 0.5) is 5.69 Å². The zero-order valence-corrected chi connectivity index (χ0v) is 13.2. The Balaban J connectivity index is 1.48. The maximum atomic E-state index is 12.3. The molecule has 1 saturated heterocycles. The summed E-state index contributed by atoms with van der Waals surface area (Å²) in [6, 6.07) is 14.1. The zero-order valence-electron chi connectivity index (χ0n) is 12.4. The highest BCUT2D eigenvalue weighted by atomic mass is 32.2. The Bertz CT molecular complexity index is 598. The number of nitrogens with zero attached hydrogens (tertiary/aromatic N) is 3. The number of amides is 1. The van der Waals surface area contributed by atoms with Gasteiger partial charge in [-0.25, -0.2) is 0 Å². The van der Waals surface area contributed by atoms with Crippen molar-refractivity contribution in [2.24, 2.45) is 0 Å². The lowest BCUT2D eigenvalue weighted by molar-refractivity contribution is -0.128. The van der Waals surface area contributed by atoms with Crippen molar-refractivity contribution >= 4 is 23.4 Å². The lowest BCUT2D eigenvalue weighted by atomic mass is 10.2. The highest BCUT2D eigenvalue weighted by Gasteiger charge is 2.21. The van der Waals surface area contributed by atoms with Gasteiger partial charge in [-0.2, -0.15) is 0 Å². The van der Waals surface area contributed by atoms with Crippen molar-refractivity contribution in [1.82, 2.24) is 9.88 Å². The highest BCUT2D eigenvalue weighted by Crippen LogP contribution is 2.19. The minimum absolute atomic E-state index is 0.225. The molecule has 0 atom stereocenters. The second-order valence-electron chi connectivity index (χ2n) is 5.17. The minimum atomic E-state index is 0.225. The maximum Gasteiger partial charge on any atom is 0.233 e. The third-order valence-electron chi connectivity index (χ3n) is 3.77. The summed E-state index contributed by atoms with van der Waals surface area (Å²) < 4.78 is 0. The van der Waals surface area contributed by atoms with Gasteiger partial charge in [-0.05, 0) is 24.3 Å². The van der Waals surface area contributed by atoms with Gasteiger partial charge in [0.15, 0.2) is 0 Å². The molecule has 2 aromatic rings. The largest absolute Gasteiger partial charge is 0.368 e. The van der Waals surface area contributed by atoms with Crippen LogP contribution in [0, 0.1) is 0 Å². The van der Waals surface area contributed by atoms with E-state index in [9.17, 15) is 4.79 Å². The van der Waals surface area contributed by atoms with Gasteiger partial charge in [-0.1, -0.05) is 18.2 Å². The topological polar surface area (TPSA) is 36.4 Å². The summed E-state index contributed by atoms with van der Waals surface area (Å²) in [5, 5.41) is 0. The van der Waals surface area contributed by atoms with Gasteiger partial charge in [-0.3, -0.25) is 9.78 Å². The molecule has 114 valence electrons. The van der Waals surface area contributed by atoms with Gasteiger partial charge in [0.1, 0.15) is 0 Å². The van der Waals surface area contributed by atoms with Crippen molar-refractivity contribution in [3.05, 3.63) is 54.9 Å². The molecule has 0 bridgehead atoms. The molecule has 0 radical (unpaired) electrons. The molecule has 0 saturated carbocycles. The van der Waals surface area contributed by atoms with E-state index in [1.807, 2.05) is 59.8 Å². The number of anilines is 1. The van der Waals surface area contributed by atoms with Crippen LogP contribution in [-0.2, 0) is 4.79 Å². The predicted molar refractivity (Wildman–Crippen MR) is 90.2 cm³/mol. The molecule has 1 amide bonds. The minimum Gasteiger partial charge on any atom is -0.368 e. The third-order valence-corrected chi connectivity index (χ3v) is 4.76. The Morgan fingerprint density at radius 2 is 1.68 bits per heavy atom. The molecule has 4 nitrogen and oxygen atoms in total. The van der Waals surface area contributed by atoms with Crippen molar-refractivity contribution in [3.63, 3.8) is 0 Å². The monoisotopic (exact) mass is 313 g/mol. The average molecular weight is 313 g/mol. The van der Waals surface area contributed by atoms with Gasteiger partial charge in [0.2, 0.25) is 5.91 Å². The van der Waals surface area contributed by atoms with Crippen molar-refractivity contribution in [3.8, 4) is 0 Å². The number of rotatable bonds is 4. The standard InChI is InChI=1S/C17H19N3OS/c21-17(14-22-16-4-2-1-3-5-16)20-12-10-19(11-13-20)15-6-8-18-9-7-15/h1-9H,10-14H2. The van der Waals surface area contributed by atoms with Gasteiger partial charge in [0.25, 0.3) is 0 Å². The normalized spacial score (nSPS) is 14.9. The molecule has 1 fully saturated rings. The number of benzene rings is 1. The fraction of sp³-hybridized carbons (Fsp3) is 0.294. The van der Waals surface area contributed by atoms with E-state index in [0.29, 0.717) is 5.75 Å². The van der Waals surface area contributed by atoms with Gasteiger partial charge >= 0.3 is 0 Å². The van der Waals surface area contributed by atoms with Crippen LogP contribution < -0.4 is 4.90 Å². The van der Waals surface area contributed by atoms with Crippen LogP contribution in [0.15, 0.2) is 59.8 Å². The molecule has 1 aromatic heterocycles. The number of aromatic nitrogens is 1. The van der Waals surface area contributed by atoms with Crippen molar-refractivity contribution in [2.45, 2.75) is 4.90 Å². The van der Waals surface area contributed by atoms with E-state index < -0.39 is 0 Å². The number of carbonyl (C=O) groups is 1. The lowest BCUT2D eigenvalue weighted by Crippen LogP contribution is -2.49. The molecule has 2 heterocycles. The molecule has 0 N–H and O–H groups in total. The highest BCUT2D eigenvalue weighted by molar-refractivity contribution is 8.00. The number of hydrogen-bond acceptors (Lipinski definition) is 4. The molecule has 0 aliphatic carbocycles. The maximum absolute atomic E-state index is 12.3. The summed E-state index contributed by atoms with van der Waals surface area (Å²) in [6.07, 6.45) is 3.62. The van der Waals surface area contributed by atoms with E-state index in [1.165, 1.54) is 5.69 Å². The van der Waals surface area contributed by atoms with E-state index in [-0.39, 0.29) is 5.91 Å². The predicted octanol–water partition coefficient (Wildman–Crippen LogP) is 2.52. The molecule has 0 spiro atoms. The number of piperazine rings is 1. The first kappa shape index (κ1) is 14.9. The number of hydrogen-bond donors (Lipinski definition) is 0. The van der Waals surface area contributed by atoms with Crippen LogP contribution in [-0.4, -0.2) is 47.7 Å². The van der Waals surface area contributed by atoms with E-state index in [0.717, 1.165) is 31.1 Å². The first-order valence-corrected chi connectivity index (χ1v) is 8.42. The van der Waals surface area contributed by atoms with Crippen LogP contribution in [0.2, 0.25) is 0 Å². The summed E-state index contributed by atoms with van der Waals surface area (Å²) in [5.74, 6) is 0.738. The molecular formula is C17H19N3OS. The molecule has 3 rings (SSSR count). The van der Waals surface area contributed by atoms with E-state index >= 15 is 0 Å². The number of thioether (sulfide) groups is 1. The van der Waals surface area contributed by atoms with E-state index in [4.69, 9.17) is 0 Å². The smallest absolute Gasteiger partial charge is 0.233 e. The molecule has 1 aliphatic heterocycles. The second-order valence-corrected chi connectivity index (χ2v) is 6.22. The lowest BCUT2D eigenvalue weighted by Gasteiger charge is -2.36. The first-order chi connectivity index (χ1) is 10.8. The molecule has 0 unspecified atom stereocenters. The fourth-order valence-corrected chi connectivity index (χ4v) is 3.34. The van der Waals surface area contributed by atoms with E-state index in [1.54, 1.807) is 11.8 Å². The Kier molecular flexibility index (Phi) is 4.96. The number of pyridine rings is 1. The molecule has 1 aliphatic rings. The summed E-state index contributed by atoms with van der Waals surface area (Å²) in [5.41, 5.74) is 1.18. The average Bonchev–Trinajstić information content (AvgIpc) is 2.61. The Morgan fingerprint density at radius 3 is 2.36 bits per heavy atom. The van der Waals surface area contributed by atoms with Crippen molar-refractivity contribution < 1.29 is 4.79 Å². The Hall–Kier alpha value is -2.01. The first-order valence-electron chi connectivity index (χ1n) is 7.43. The molecule has 1 aromatic carbocycles. The summed E-state index contributed by atoms with van der Waals surface area (Å²) >= 11 is 1.61. The number of carbonyl (C=O) groups excluding carboxylic acids is 1. The third kappa shape index (κ3) is 3.80. The van der Waals surface area contributed by atoms with Gasteiger partial charge in [-0.15, -0.1) is 11.8 Å². The zero-order chi connectivity index (χ0) is 15.2. The van der Waals surface area contributed by atoms with Crippen LogP contribution in [0.3, 0.4) is 0 Å². The fourth-order valence-electron chi connectivity index (χ4n) is 2.52. The van der Waals surface area contributed by atoms with Gasteiger partial charge in [0.05, 0.1) is 5.75 Å². The van der Waals surface area contributed by atoms with E-state index in [2.05, 4.69) is 9.88 Å². The summed E-state index contributed by atoms with van der Waals surface area (Å²) in [4.78, 5) is 21.7. The second kappa shape index (κ2) is 7.31. The van der Waals surface area contributed by atoms with Crippen molar-refractivity contribution in [1.29, 1.82) is 0 Å². The summed E-state index contributed by atoms with van der Waals surface area (Å²) in [6.45, 7) is 3.34. The quantitative estimate of drug-likeness (QED) is 0.813. The van der Waals surface area contributed by atoms with Gasteiger partial charge < -0.3 is 9.80 Å². The Labute approximate surface area is 135 Å². The molecule has 5 heteroatoms. The van der Waals surface area contributed by atoms with Crippen LogP contribution >= 0.6 is 11.8 Å².